The van der Waals surface area contributed by atoms with E-state index in [2.05, 4.69) is 0 Å². The van der Waals surface area contributed by atoms with E-state index in [9.17, 15) is 4.79 Å². The van der Waals surface area contributed by atoms with Crippen LogP contribution in [0, 0.1) is 0 Å². The second-order valence-electron chi connectivity index (χ2n) is 4.01. The van der Waals surface area contributed by atoms with Crippen LogP contribution < -0.4 is 10.5 Å². The first-order chi connectivity index (χ1) is 8.16. The van der Waals surface area contributed by atoms with Gasteiger partial charge in [-0.1, -0.05) is 0 Å². The van der Waals surface area contributed by atoms with Gasteiger partial charge in [-0.2, -0.15) is 0 Å². The number of hydrogen-bond donors (Lipinski definition) is 2. The molecule has 5 nitrogen and oxygen atoms in total. The van der Waals surface area contributed by atoms with Crippen molar-refractivity contribution < 1.29 is 19.4 Å². The molecule has 0 bridgehead atoms. The Morgan fingerprint density at radius 3 is 2.94 bits per heavy atom. The molecule has 0 saturated carbocycles. The van der Waals surface area contributed by atoms with Crippen LogP contribution in [0.3, 0.4) is 0 Å². The number of aromatic carboxylic acids is 1. The number of carboxylic acid groups (broad SMARTS) is 1. The van der Waals surface area contributed by atoms with Gasteiger partial charge >= 0.3 is 5.97 Å². The minimum Gasteiger partial charge on any atom is -0.486 e. The molecule has 92 valence electrons. The van der Waals surface area contributed by atoms with E-state index in [1.807, 2.05) is 0 Å². The van der Waals surface area contributed by atoms with Crippen LogP contribution in [0.1, 0.15) is 23.2 Å². The van der Waals surface area contributed by atoms with Crippen molar-refractivity contribution in [1.82, 2.24) is 0 Å². The van der Waals surface area contributed by atoms with Crippen molar-refractivity contribution in [3.05, 3.63) is 23.8 Å². The van der Waals surface area contributed by atoms with Gasteiger partial charge in [0.2, 0.25) is 0 Å². The molecule has 1 atom stereocenters. The number of ether oxygens (including phenoxy) is 2. The Morgan fingerprint density at radius 2 is 2.35 bits per heavy atom. The van der Waals surface area contributed by atoms with E-state index in [0.717, 1.165) is 19.4 Å². The summed E-state index contributed by atoms with van der Waals surface area (Å²) >= 11 is 0. The molecule has 1 aliphatic rings. The summed E-state index contributed by atoms with van der Waals surface area (Å²) in [5, 5.41) is 8.81. The van der Waals surface area contributed by atoms with Crippen LogP contribution in [0.25, 0.3) is 0 Å². The first kappa shape index (κ1) is 11.7. The van der Waals surface area contributed by atoms with Crippen molar-refractivity contribution in [3.63, 3.8) is 0 Å². The van der Waals surface area contributed by atoms with E-state index in [0.29, 0.717) is 18.0 Å². The van der Waals surface area contributed by atoms with Crippen LogP contribution in [0.4, 0.5) is 5.69 Å². The van der Waals surface area contributed by atoms with Gasteiger partial charge in [-0.15, -0.1) is 0 Å². The van der Waals surface area contributed by atoms with E-state index < -0.39 is 5.97 Å². The lowest BCUT2D eigenvalue weighted by Gasteiger charge is -2.24. The number of hydrogen-bond acceptors (Lipinski definition) is 4. The molecule has 1 heterocycles. The molecule has 0 amide bonds. The maximum Gasteiger partial charge on any atom is 0.335 e. The lowest BCUT2D eigenvalue weighted by molar-refractivity contribution is 0.00775. The predicted molar refractivity (Wildman–Crippen MR) is 62.3 cm³/mol. The molecular weight excluding hydrogens is 222 g/mol. The van der Waals surface area contributed by atoms with E-state index in [-0.39, 0.29) is 11.7 Å². The normalized spacial score (nSPS) is 19.9. The summed E-state index contributed by atoms with van der Waals surface area (Å²) in [6, 6.07) is 4.48. The summed E-state index contributed by atoms with van der Waals surface area (Å²) in [6.07, 6.45) is 1.90. The third-order valence-corrected chi connectivity index (χ3v) is 2.67. The highest BCUT2D eigenvalue weighted by Crippen LogP contribution is 2.25. The maximum atomic E-state index is 10.7. The van der Waals surface area contributed by atoms with E-state index in [1.165, 1.54) is 12.1 Å². The molecule has 1 aromatic carbocycles. The summed E-state index contributed by atoms with van der Waals surface area (Å²) in [7, 11) is 0. The number of carboxylic acids is 1. The third-order valence-electron chi connectivity index (χ3n) is 2.67. The van der Waals surface area contributed by atoms with Gasteiger partial charge in [0.1, 0.15) is 11.9 Å². The van der Waals surface area contributed by atoms with Gasteiger partial charge < -0.3 is 20.3 Å². The van der Waals surface area contributed by atoms with Gasteiger partial charge in [0.05, 0.1) is 17.9 Å². The minimum atomic E-state index is -0.996. The monoisotopic (exact) mass is 237 g/mol. The molecule has 0 aromatic heterocycles. The molecule has 1 unspecified atom stereocenters. The van der Waals surface area contributed by atoms with Crippen molar-refractivity contribution >= 4 is 11.7 Å². The van der Waals surface area contributed by atoms with Crippen LogP contribution >= 0.6 is 0 Å². The summed E-state index contributed by atoms with van der Waals surface area (Å²) in [5.74, 6) is -0.477. The third kappa shape index (κ3) is 2.88. The van der Waals surface area contributed by atoms with Gasteiger partial charge in [-0.3, -0.25) is 0 Å². The van der Waals surface area contributed by atoms with Crippen molar-refractivity contribution in [2.75, 3.05) is 18.9 Å². The molecule has 5 heteroatoms. The van der Waals surface area contributed by atoms with Crippen LogP contribution in [-0.4, -0.2) is 30.4 Å². The van der Waals surface area contributed by atoms with Crippen LogP contribution in [0.15, 0.2) is 18.2 Å². The number of anilines is 1. The summed E-state index contributed by atoms with van der Waals surface area (Å²) in [5.41, 5.74) is 6.25. The van der Waals surface area contributed by atoms with Crippen molar-refractivity contribution in [1.29, 1.82) is 0 Å². The van der Waals surface area contributed by atoms with Gasteiger partial charge in [0, 0.05) is 6.61 Å². The van der Waals surface area contributed by atoms with Crippen molar-refractivity contribution in [2.45, 2.75) is 18.9 Å². The van der Waals surface area contributed by atoms with Gasteiger partial charge in [0.15, 0.2) is 0 Å². The summed E-state index contributed by atoms with van der Waals surface area (Å²) in [4.78, 5) is 10.7. The molecular formula is C12H15NO4. The quantitative estimate of drug-likeness (QED) is 0.779. The molecule has 3 N–H and O–H groups in total. The largest absolute Gasteiger partial charge is 0.486 e. The number of carbonyl (C=O) groups is 1. The number of nitrogens with two attached hydrogens (primary N) is 1. The SMILES string of the molecule is Nc1cc(C(=O)O)ccc1OC1CCCOC1. The minimum absolute atomic E-state index is 0.00160. The van der Waals surface area contributed by atoms with Gasteiger partial charge in [0.25, 0.3) is 0 Å². The van der Waals surface area contributed by atoms with Crippen LogP contribution in [0.5, 0.6) is 5.75 Å². The number of nitrogen functional groups attached to an aromatic ring is 1. The van der Waals surface area contributed by atoms with Crippen molar-refractivity contribution in [2.24, 2.45) is 0 Å². The topological polar surface area (TPSA) is 81.8 Å². The first-order valence-electron chi connectivity index (χ1n) is 5.54. The fourth-order valence-corrected chi connectivity index (χ4v) is 1.77. The Balaban J connectivity index is 2.08. The molecule has 1 saturated heterocycles. The van der Waals surface area contributed by atoms with Crippen LogP contribution in [-0.2, 0) is 4.74 Å². The smallest absolute Gasteiger partial charge is 0.335 e. The standard InChI is InChI=1S/C12H15NO4/c13-10-6-8(12(14)15)3-4-11(10)17-9-2-1-5-16-7-9/h3-4,6,9H,1-2,5,7,13H2,(H,14,15). The second-order valence-corrected chi connectivity index (χ2v) is 4.01. The maximum absolute atomic E-state index is 10.7. The highest BCUT2D eigenvalue weighted by Gasteiger charge is 2.17. The number of benzene rings is 1. The Bertz CT molecular complexity index is 413. The lowest BCUT2D eigenvalue weighted by Crippen LogP contribution is -2.28. The molecule has 2 rings (SSSR count). The second kappa shape index (κ2) is 5.05. The fourth-order valence-electron chi connectivity index (χ4n) is 1.77. The molecule has 0 spiro atoms. The summed E-state index contributed by atoms with van der Waals surface area (Å²) in [6.45, 7) is 1.33. The molecule has 1 aromatic rings. The fraction of sp³-hybridized carbons (Fsp3) is 0.417. The molecule has 0 aliphatic carbocycles. The molecule has 0 radical (unpaired) electrons. The van der Waals surface area contributed by atoms with Gasteiger partial charge in [-0.25, -0.2) is 4.79 Å². The Labute approximate surface area is 99.1 Å². The number of rotatable bonds is 3. The zero-order valence-corrected chi connectivity index (χ0v) is 9.39. The highest BCUT2D eigenvalue weighted by molar-refractivity contribution is 5.89. The Morgan fingerprint density at radius 1 is 1.53 bits per heavy atom. The predicted octanol–water partition coefficient (Wildman–Crippen LogP) is 1.52. The van der Waals surface area contributed by atoms with E-state index >= 15 is 0 Å². The highest BCUT2D eigenvalue weighted by atomic mass is 16.5. The average Bonchev–Trinajstić information content (AvgIpc) is 2.33. The Kier molecular flexibility index (Phi) is 3.49. The Hall–Kier alpha value is -1.75. The lowest BCUT2D eigenvalue weighted by atomic mass is 10.1. The molecule has 17 heavy (non-hydrogen) atoms. The van der Waals surface area contributed by atoms with Crippen molar-refractivity contribution in [3.8, 4) is 5.75 Å². The van der Waals surface area contributed by atoms with E-state index in [1.54, 1.807) is 6.07 Å². The zero-order chi connectivity index (χ0) is 12.3. The molecule has 1 fully saturated rings. The van der Waals surface area contributed by atoms with Crippen LogP contribution in [0.2, 0.25) is 0 Å². The summed E-state index contributed by atoms with van der Waals surface area (Å²) < 4.78 is 11.0. The molecule has 1 aliphatic heterocycles. The van der Waals surface area contributed by atoms with E-state index in [4.69, 9.17) is 20.3 Å². The first-order valence-corrected chi connectivity index (χ1v) is 5.54. The zero-order valence-electron chi connectivity index (χ0n) is 9.39. The van der Waals surface area contributed by atoms with Gasteiger partial charge in [-0.05, 0) is 31.0 Å². The average molecular weight is 237 g/mol.